The average Bonchev–Trinajstić information content (AvgIpc) is 2.05. The highest BCUT2D eigenvalue weighted by Gasteiger charge is 1.94. The van der Waals surface area contributed by atoms with Crippen molar-refractivity contribution in [1.82, 2.24) is 10.3 Å². The van der Waals surface area contributed by atoms with Crippen LogP contribution in [0.5, 0.6) is 0 Å². The van der Waals surface area contributed by atoms with Gasteiger partial charge in [0.1, 0.15) is 5.82 Å². The summed E-state index contributed by atoms with van der Waals surface area (Å²) < 4.78 is 12.6. The van der Waals surface area contributed by atoms with E-state index >= 15 is 0 Å². The number of rotatable bonds is 4. The number of nitrogens with one attached hydrogen (secondary N) is 1. The van der Waals surface area contributed by atoms with E-state index in [2.05, 4.69) is 26.2 Å². The minimum atomic E-state index is -0.284. The first-order chi connectivity index (χ1) is 5.83. The van der Waals surface area contributed by atoms with Crippen LogP contribution in [0.4, 0.5) is 4.39 Å². The third-order valence-electron chi connectivity index (χ3n) is 1.36. The zero-order chi connectivity index (χ0) is 8.81. The molecule has 1 rings (SSSR count). The Kier molecular flexibility index (Phi) is 4.18. The summed E-state index contributed by atoms with van der Waals surface area (Å²) in [6, 6.07) is 1.48. The first-order valence-corrected chi connectivity index (χ1v) is 4.81. The van der Waals surface area contributed by atoms with E-state index in [-0.39, 0.29) is 5.82 Å². The van der Waals surface area contributed by atoms with Crippen LogP contribution in [0.1, 0.15) is 5.56 Å². The zero-order valence-electron chi connectivity index (χ0n) is 6.56. The molecule has 1 heterocycles. The van der Waals surface area contributed by atoms with Crippen LogP contribution < -0.4 is 5.32 Å². The molecule has 0 aliphatic rings. The summed E-state index contributed by atoms with van der Waals surface area (Å²) in [4.78, 5) is 3.74. The molecule has 0 unspecified atom stereocenters. The maximum atomic E-state index is 12.6. The van der Waals surface area contributed by atoms with Gasteiger partial charge in [0.25, 0.3) is 0 Å². The number of halogens is 2. The third-order valence-corrected chi connectivity index (χ3v) is 1.76. The molecule has 12 heavy (non-hydrogen) atoms. The maximum Gasteiger partial charge on any atom is 0.141 e. The van der Waals surface area contributed by atoms with E-state index in [9.17, 15) is 4.39 Å². The molecule has 66 valence electrons. The highest BCUT2D eigenvalue weighted by atomic mass is 79.9. The Morgan fingerprint density at radius 2 is 2.33 bits per heavy atom. The molecule has 4 heteroatoms. The van der Waals surface area contributed by atoms with Crippen LogP contribution in [-0.4, -0.2) is 16.9 Å². The zero-order valence-corrected chi connectivity index (χ0v) is 8.14. The van der Waals surface area contributed by atoms with Crippen LogP contribution >= 0.6 is 15.9 Å². The highest BCUT2D eigenvalue weighted by Crippen LogP contribution is 1.99. The molecule has 0 aliphatic heterocycles. The first kappa shape index (κ1) is 9.61. The number of aromatic nitrogens is 1. The SMILES string of the molecule is Fc1cncc(CNCCBr)c1. The Balaban J connectivity index is 2.41. The fourth-order valence-electron chi connectivity index (χ4n) is 0.852. The second-order valence-electron chi connectivity index (χ2n) is 2.38. The Hall–Kier alpha value is -0.480. The largest absolute Gasteiger partial charge is 0.312 e. The van der Waals surface area contributed by atoms with Crippen molar-refractivity contribution < 1.29 is 4.39 Å². The van der Waals surface area contributed by atoms with E-state index in [0.717, 1.165) is 17.4 Å². The smallest absolute Gasteiger partial charge is 0.141 e. The second kappa shape index (κ2) is 5.22. The summed E-state index contributed by atoms with van der Waals surface area (Å²) in [5.74, 6) is -0.284. The van der Waals surface area contributed by atoms with E-state index < -0.39 is 0 Å². The van der Waals surface area contributed by atoms with Crippen molar-refractivity contribution in [2.45, 2.75) is 6.54 Å². The molecule has 2 nitrogen and oxygen atoms in total. The average molecular weight is 233 g/mol. The van der Waals surface area contributed by atoms with Crippen molar-refractivity contribution in [2.75, 3.05) is 11.9 Å². The van der Waals surface area contributed by atoms with Gasteiger partial charge in [0.2, 0.25) is 0 Å². The predicted molar refractivity (Wildman–Crippen MR) is 49.7 cm³/mol. The van der Waals surface area contributed by atoms with Crippen LogP contribution in [0.2, 0.25) is 0 Å². The molecule has 0 aliphatic carbocycles. The quantitative estimate of drug-likeness (QED) is 0.632. The second-order valence-corrected chi connectivity index (χ2v) is 3.17. The molecule has 1 aromatic rings. The molecule has 0 saturated heterocycles. The van der Waals surface area contributed by atoms with Crippen molar-refractivity contribution in [3.63, 3.8) is 0 Å². The molecule has 1 aromatic heterocycles. The van der Waals surface area contributed by atoms with Gasteiger partial charge in [-0.1, -0.05) is 15.9 Å². The Morgan fingerprint density at radius 3 is 3.00 bits per heavy atom. The minimum absolute atomic E-state index is 0.284. The molecule has 0 spiro atoms. The molecule has 0 bridgehead atoms. The fourth-order valence-corrected chi connectivity index (χ4v) is 1.13. The van der Waals surface area contributed by atoms with Crippen molar-refractivity contribution >= 4 is 15.9 Å². The predicted octanol–water partition coefficient (Wildman–Crippen LogP) is 1.71. The molecule has 1 N–H and O–H groups in total. The van der Waals surface area contributed by atoms with Gasteiger partial charge in [-0.25, -0.2) is 4.39 Å². The summed E-state index contributed by atoms with van der Waals surface area (Å²) in [5.41, 5.74) is 0.871. The fraction of sp³-hybridized carbons (Fsp3) is 0.375. The van der Waals surface area contributed by atoms with Crippen molar-refractivity contribution in [2.24, 2.45) is 0 Å². The van der Waals surface area contributed by atoms with Gasteiger partial charge >= 0.3 is 0 Å². The van der Waals surface area contributed by atoms with Crippen molar-refractivity contribution in [1.29, 1.82) is 0 Å². The molecule has 0 radical (unpaired) electrons. The van der Waals surface area contributed by atoms with Crippen LogP contribution in [0.15, 0.2) is 18.5 Å². The van der Waals surface area contributed by atoms with Crippen molar-refractivity contribution in [3.05, 3.63) is 29.8 Å². The Labute approximate surface area is 79.3 Å². The summed E-state index contributed by atoms with van der Waals surface area (Å²) >= 11 is 3.29. The lowest BCUT2D eigenvalue weighted by Crippen LogP contribution is -2.15. The van der Waals surface area contributed by atoms with Gasteiger partial charge in [0, 0.05) is 24.6 Å². The Morgan fingerprint density at radius 1 is 1.50 bits per heavy atom. The van der Waals surface area contributed by atoms with Crippen LogP contribution in [-0.2, 0) is 6.54 Å². The van der Waals surface area contributed by atoms with Gasteiger partial charge in [-0.15, -0.1) is 0 Å². The van der Waals surface area contributed by atoms with Gasteiger partial charge in [-0.2, -0.15) is 0 Å². The standard InChI is InChI=1S/C8H10BrFN2/c9-1-2-11-4-7-3-8(10)6-12-5-7/h3,5-6,11H,1-2,4H2. The van der Waals surface area contributed by atoms with Crippen molar-refractivity contribution in [3.8, 4) is 0 Å². The number of pyridine rings is 1. The van der Waals surface area contributed by atoms with E-state index in [4.69, 9.17) is 0 Å². The first-order valence-electron chi connectivity index (χ1n) is 3.69. The number of nitrogens with zero attached hydrogens (tertiary/aromatic N) is 1. The lowest BCUT2D eigenvalue weighted by Gasteiger charge is -2.01. The van der Waals surface area contributed by atoms with E-state index in [1.807, 2.05) is 0 Å². The van der Waals surface area contributed by atoms with Crippen LogP contribution in [0, 0.1) is 5.82 Å². The van der Waals surface area contributed by atoms with Gasteiger partial charge in [0.05, 0.1) is 6.20 Å². The normalized spacial score (nSPS) is 10.2. The number of alkyl halides is 1. The summed E-state index contributed by atoms with van der Waals surface area (Å²) in [7, 11) is 0. The van der Waals surface area contributed by atoms with Crippen LogP contribution in [0.3, 0.4) is 0 Å². The van der Waals surface area contributed by atoms with Gasteiger partial charge in [0.15, 0.2) is 0 Å². The lowest BCUT2D eigenvalue weighted by atomic mass is 10.3. The van der Waals surface area contributed by atoms with E-state index in [1.165, 1.54) is 12.3 Å². The summed E-state index contributed by atoms with van der Waals surface area (Å²) in [5, 5.41) is 4.02. The monoisotopic (exact) mass is 232 g/mol. The molecule has 0 amide bonds. The molecule has 0 atom stereocenters. The topological polar surface area (TPSA) is 24.9 Å². The molecular formula is C8H10BrFN2. The lowest BCUT2D eigenvalue weighted by molar-refractivity contribution is 0.614. The molecular weight excluding hydrogens is 223 g/mol. The molecule has 0 fully saturated rings. The minimum Gasteiger partial charge on any atom is -0.312 e. The third kappa shape index (κ3) is 3.28. The van der Waals surface area contributed by atoms with Gasteiger partial charge < -0.3 is 5.32 Å². The van der Waals surface area contributed by atoms with E-state index in [1.54, 1.807) is 6.20 Å². The highest BCUT2D eigenvalue weighted by molar-refractivity contribution is 9.09. The summed E-state index contributed by atoms with van der Waals surface area (Å²) in [6.45, 7) is 1.53. The van der Waals surface area contributed by atoms with Gasteiger partial charge in [-0.3, -0.25) is 4.98 Å². The Bertz CT molecular complexity index is 242. The molecule has 0 aromatic carbocycles. The number of hydrogen-bond donors (Lipinski definition) is 1. The van der Waals surface area contributed by atoms with Gasteiger partial charge in [-0.05, 0) is 11.6 Å². The maximum absolute atomic E-state index is 12.6. The van der Waals surface area contributed by atoms with Crippen LogP contribution in [0.25, 0.3) is 0 Å². The number of hydrogen-bond acceptors (Lipinski definition) is 2. The molecule has 0 saturated carbocycles. The van der Waals surface area contributed by atoms with E-state index in [0.29, 0.717) is 6.54 Å². The summed E-state index contributed by atoms with van der Waals surface area (Å²) in [6.07, 6.45) is 2.86.